The summed E-state index contributed by atoms with van der Waals surface area (Å²) in [7, 11) is 1.31. The summed E-state index contributed by atoms with van der Waals surface area (Å²) >= 11 is 0. The molecule has 0 aromatic carbocycles. The molecule has 4 heteroatoms. The van der Waals surface area contributed by atoms with Gasteiger partial charge >= 0.3 is 5.97 Å². The van der Waals surface area contributed by atoms with Crippen LogP contribution in [0.2, 0.25) is 0 Å². The fourth-order valence-corrected chi connectivity index (χ4v) is 0.524. The summed E-state index contributed by atoms with van der Waals surface area (Å²) in [6.45, 7) is 0. The molecule has 1 aromatic rings. The molecule has 11 heavy (non-hydrogen) atoms. The molecular weight excluding hydrogens is 146 g/mol. The van der Waals surface area contributed by atoms with Gasteiger partial charge in [-0.2, -0.15) is 0 Å². The third-order valence-electron chi connectivity index (χ3n) is 1.01. The van der Waals surface area contributed by atoms with Gasteiger partial charge in [0.25, 0.3) is 0 Å². The predicted octanol–water partition coefficient (Wildman–Crippen LogP) is 0.861. The van der Waals surface area contributed by atoms with Crippen LogP contribution in [-0.4, -0.2) is 18.1 Å². The molecule has 0 unspecified atom stereocenters. The average Bonchev–Trinajstić information content (AvgIpc) is 2.52. The normalized spacial score (nSPS) is 10.3. The molecule has 1 aromatic heterocycles. The molecular formula is C7H7NO3. The molecule has 1 rings (SSSR count). The third-order valence-corrected chi connectivity index (χ3v) is 1.01. The maximum Gasteiger partial charge on any atom is 0.330 e. The monoisotopic (exact) mass is 153 g/mol. The number of oxazole rings is 1. The van der Waals surface area contributed by atoms with Crippen LogP contribution in [0.15, 0.2) is 23.0 Å². The summed E-state index contributed by atoms with van der Waals surface area (Å²) < 4.78 is 9.18. The summed E-state index contributed by atoms with van der Waals surface area (Å²) in [5, 5.41) is 0. The van der Waals surface area contributed by atoms with Gasteiger partial charge in [-0.05, 0) is 0 Å². The molecule has 0 N–H and O–H groups in total. The van der Waals surface area contributed by atoms with Gasteiger partial charge in [0, 0.05) is 12.2 Å². The van der Waals surface area contributed by atoms with Gasteiger partial charge in [-0.3, -0.25) is 0 Å². The van der Waals surface area contributed by atoms with Gasteiger partial charge < -0.3 is 9.15 Å². The van der Waals surface area contributed by atoms with Gasteiger partial charge in [0.2, 0.25) is 5.89 Å². The number of hydrogen-bond donors (Lipinski definition) is 0. The lowest BCUT2D eigenvalue weighted by molar-refractivity contribution is -0.134. The van der Waals surface area contributed by atoms with Crippen molar-refractivity contribution in [3.8, 4) is 0 Å². The van der Waals surface area contributed by atoms with E-state index in [2.05, 4.69) is 9.72 Å². The summed E-state index contributed by atoms with van der Waals surface area (Å²) in [6.07, 6.45) is 5.60. The van der Waals surface area contributed by atoms with Crippen LogP contribution >= 0.6 is 0 Å². The molecule has 0 radical (unpaired) electrons. The van der Waals surface area contributed by atoms with Gasteiger partial charge in [-0.15, -0.1) is 0 Å². The number of nitrogens with zero attached hydrogens (tertiary/aromatic N) is 1. The van der Waals surface area contributed by atoms with Crippen LogP contribution in [-0.2, 0) is 9.53 Å². The van der Waals surface area contributed by atoms with E-state index in [0.717, 1.165) is 0 Å². The van der Waals surface area contributed by atoms with E-state index >= 15 is 0 Å². The quantitative estimate of drug-likeness (QED) is 0.467. The Morgan fingerprint density at radius 3 is 3.18 bits per heavy atom. The molecule has 58 valence electrons. The first kappa shape index (κ1) is 7.53. The second-order valence-electron chi connectivity index (χ2n) is 1.73. The van der Waals surface area contributed by atoms with E-state index in [4.69, 9.17) is 4.42 Å². The molecule has 0 fully saturated rings. The Hall–Kier alpha value is -1.58. The zero-order valence-electron chi connectivity index (χ0n) is 5.98. The SMILES string of the molecule is COC(=O)/C=C/c1ncco1. The maximum absolute atomic E-state index is 10.5. The smallest absolute Gasteiger partial charge is 0.330 e. The van der Waals surface area contributed by atoms with Gasteiger partial charge in [0.15, 0.2) is 0 Å². The second-order valence-corrected chi connectivity index (χ2v) is 1.73. The van der Waals surface area contributed by atoms with E-state index < -0.39 is 5.97 Å². The minimum atomic E-state index is -0.428. The van der Waals surface area contributed by atoms with Crippen molar-refractivity contribution in [2.75, 3.05) is 7.11 Å². The van der Waals surface area contributed by atoms with Crippen LogP contribution in [0, 0.1) is 0 Å². The maximum atomic E-state index is 10.5. The van der Waals surface area contributed by atoms with Crippen molar-refractivity contribution in [3.05, 3.63) is 24.4 Å². The standard InChI is InChI=1S/C7H7NO3/c1-10-7(9)3-2-6-8-4-5-11-6/h2-5H,1H3/b3-2+. The zero-order valence-corrected chi connectivity index (χ0v) is 5.98. The molecule has 4 nitrogen and oxygen atoms in total. The van der Waals surface area contributed by atoms with Gasteiger partial charge in [0.1, 0.15) is 6.26 Å². The highest BCUT2D eigenvalue weighted by Gasteiger charge is 1.93. The van der Waals surface area contributed by atoms with Crippen LogP contribution in [0.3, 0.4) is 0 Å². The van der Waals surface area contributed by atoms with Crippen LogP contribution in [0.5, 0.6) is 0 Å². The van der Waals surface area contributed by atoms with E-state index in [1.54, 1.807) is 0 Å². The van der Waals surface area contributed by atoms with Crippen molar-refractivity contribution in [1.82, 2.24) is 4.98 Å². The molecule has 0 aliphatic rings. The fraction of sp³-hybridized carbons (Fsp3) is 0.143. The molecule has 0 spiro atoms. The molecule has 0 saturated heterocycles. The summed E-state index contributed by atoms with van der Waals surface area (Å²) in [5.74, 6) is -0.0430. The zero-order chi connectivity index (χ0) is 8.10. The van der Waals surface area contributed by atoms with E-state index in [1.165, 1.54) is 31.7 Å². The lowest BCUT2D eigenvalue weighted by atomic mass is 10.5. The Bertz CT molecular complexity index is 251. The summed E-state index contributed by atoms with van der Waals surface area (Å²) in [4.78, 5) is 14.3. The van der Waals surface area contributed by atoms with Gasteiger partial charge in [-0.1, -0.05) is 0 Å². The number of methoxy groups -OCH3 is 1. The summed E-state index contributed by atoms with van der Waals surface area (Å²) in [6, 6.07) is 0. The van der Waals surface area contributed by atoms with Crippen molar-refractivity contribution in [2.45, 2.75) is 0 Å². The molecule has 0 aliphatic carbocycles. The number of esters is 1. The summed E-state index contributed by atoms with van der Waals surface area (Å²) in [5.41, 5.74) is 0. The Kier molecular flexibility index (Phi) is 2.43. The first-order chi connectivity index (χ1) is 5.33. The molecule has 1 heterocycles. The van der Waals surface area contributed by atoms with E-state index in [0.29, 0.717) is 5.89 Å². The lowest BCUT2D eigenvalue weighted by Crippen LogP contribution is -1.93. The van der Waals surface area contributed by atoms with Crippen LogP contribution in [0.25, 0.3) is 6.08 Å². The molecule has 0 aliphatic heterocycles. The van der Waals surface area contributed by atoms with E-state index in [1.807, 2.05) is 0 Å². The highest BCUT2D eigenvalue weighted by Crippen LogP contribution is 1.96. The van der Waals surface area contributed by atoms with Crippen molar-refractivity contribution in [1.29, 1.82) is 0 Å². The lowest BCUT2D eigenvalue weighted by Gasteiger charge is -1.86. The Labute approximate surface area is 63.5 Å². The third kappa shape index (κ3) is 2.25. The second kappa shape index (κ2) is 3.55. The number of aromatic nitrogens is 1. The first-order valence-electron chi connectivity index (χ1n) is 2.98. The van der Waals surface area contributed by atoms with Crippen molar-refractivity contribution in [3.63, 3.8) is 0 Å². The fourth-order valence-electron chi connectivity index (χ4n) is 0.524. The highest BCUT2D eigenvalue weighted by molar-refractivity contribution is 5.86. The minimum Gasteiger partial charge on any atom is -0.466 e. The van der Waals surface area contributed by atoms with Crippen LogP contribution in [0.4, 0.5) is 0 Å². The Morgan fingerprint density at radius 1 is 1.82 bits per heavy atom. The highest BCUT2D eigenvalue weighted by atomic mass is 16.5. The number of ether oxygens (including phenoxy) is 1. The number of carbonyl (C=O) groups excluding carboxylic acids is 1. The Morgan fingerprint density at radius 2 is 2.64 bits per heavy atom. The topological polar surface area (TPSA) is 52.3 Å². The first-order valence-corrected chi connectivity index (χ1v) is 2.98. The number of hydrogen-bond acceptors (Lipinski definition) is 4. The van der Waals surface area contributed by atoms with Crippen LogP contribution < -0.4 is 0 Å². The van der Waals surface area contributed by atoms with Gasteiger partial charge in [0.05, 0.1) is 13.3 Å². The molecule has 0 saturated carbocycles. The van der Waals surface area contributed by atoms with Crippen molar-refractivity contribution < 1.29 is 13.9 Å². The molecule has 0 amide bonds. The van der Waals surface area contributed by atoms with Crippen molar-refractivity contribution >= 4 is 12.0 Å². The predicted molar refractivity (Wildman–Crippen MR) is 37.6 cm³/mol. The Balaban J connectivity index is 2.55. The van der Waals surface area contributed by atoms with Crippen molar-refractivity contribution in [2.24, 2.45) is 0 Å². The largest absolute Gasteiger partial charge is 0.466 e. The van der Waals surface area contributed by atoms with E-state index in [9.17, 15) is 4.79 Å². The van der Waals surface area contributed by atoms with Gasteiger partial charge in [-0.25, -0.2) is 9.78 Å². The molecule has 0 bridgehead atoms. The number of rotatable bonds is 2. The average molecular weight is 153 g/mol. The molecule has 0 atom stereocenters. The van der Waals surface area contributed by atoms with Crippen LogP contribution in [0.1, 0.15) is 5.89 Å². The minimum absolute atomic E-state index is 0.385. The van der Waals surface area contributed by atoms with E-state index in [-0.39, 0.29) is 0 Å². The number of carbonyl (C=O) groups is 1.